The normalized spacial score (nSPS) is 26.3. The molecule has 5 heteroatoms. The predicted octanol–water partition coefficient (Wildman–Crippen LogP) is 1.15. The summed E-state index contributed by atoms with van der Waals surface area (Å²) in [6.07, 6.45) is 0.561. The Morgan fingerprint density at radius 3 is 2.22 bits per heavy atom. The molecule has 1 saturated heterocycles. The highest BCUT2D eigenvalue weighted by atomic mass is 16.8. The quantitative estimate of drug-likeness (QED) is 0.777. The molecule has 1 heterocycles. The van der Waals surface area contributed by atoms with Gasteiger partial charge in [0.15, 0.2) is 11.9 Å². The number of hydrogen-bond acceptors (Lipinski definition) is 4. The lowest BCUT2D eigenvalue weighted by molar-refractivity contribution is -0.162. The Balaban J connectivity index is 2.74. The SMILES string of the molecule is CCCN(CCC)C(=O)[C@@H]1OC(C)(C)O[C@@H]1CO. The Morgan fingerprint density at radius 2 is 1.78 bits per heavy atom. The van der Waals surface area contributed by atoms with E-state index in [4.69, 9.17) is 9.47 Å². The number of nitrogens with zero attached hydrogens (tertiary/aromatic N) is 1. The molecule has 106 valence electrons. The van der Waals surface area contributed by atoms with Crippen LogP contribution in [-0.4, -0.2) is 53.6 Å². The van der Waals surface area contributed by atoms with Gasteiger partial charge in [0.05, 0.1) is 6.61 Å². The van der Waals surface area contributed by atoms with Crippen LogP contribution in [0.5, 0.6) is 0 Å². The molecule has 0 aliphatic carbocycles. The molecule has 0 saturated carbocycles. The van der Waals surface area contributed by atoms with Gasteiger partial charge in [0, 0.05) is 13.1 Å². The highest BCUT2D eigenvalue weighted by Gasteiger charge is 2.46. The van der Waals surface area contributed by atoms with Crippen molar-refractivity contribution in [3.8, 4) is 0 Å². The fourth-order valence-electron chi connectivity index (χ4n) is 2.23. The molecule has 1 fully saturated rings. The molecule has 1 aliphatic heterocycles. The van der Waals surface area contributed by atoms with Crippen molar-refractivity contribution in [3.05, 3.63) is 0 Å². The van der Waals surface area contributed by atoms with Crippen LogP contribution >= 0.6 is 0 Å². The van der Waals surface area contributed by atoms with Crippen LogP contribution in [0.15, 0.2) is 0 Å². The van der Waals surface area contributed by atoms with Crippen LogP contribution in [0.2, 0.25) is 0 Å². The van der Waals surface area contributed by atoms with Gasteiger partial charge in [-0.2, -0.15) is 0 Å². The topological polar surface area (TPSA) is 59.0 Å². The first kappa shape index (κ1) is 15.4. The molecule has 18 heavy (non-hydrogen) atoms. The van der Waals surface area contributed by atoms with Crippen molar-refractivity contribution < 1.29 is 19.4 Å². The van der Waals surface area contributed by atoms with Crippen LogP contribution in [0.4, 0.5) is 0 Å². The Hall–Kier alpha value is -0.650. The van der Waals surface area contributed by atoms with Gasteiger partial charge in [0.2, 0.25) is 0 Å². The molecule has 1 aliphatic rings. The summed E-state index contributed by atoms with van der Waals surface area (Å²) in [5, 5.41) is 9.28. The van der Waals surface area contributed by atoms with Gasteiger partial charge in [-0.1, -0.05) is 13.8 Å². The smallest absolute Gasteiger partial charge is 0.254 e. The van der Waals surface area contributed by atoms with Crippen molar-refractivity contribution in [1.29, 1.82) is 0 Å². The molecular weight excluding hydrogens is 234 g/mol. The van der Waals surface area contributed by atoms with Crippen LogP contribution < -0.4 is 0 Å². The van der Waals surface area contributed by atoms with E-state index in [9.17, 15) is 9.90 Å². The molecule has 0 aromatic heterocycles. The van der Waals surface area contributed by atoms with Gasteiger partial charge < -0.3 is 19.5 Å². The third kappa shape index (κ3) is 3.67. The van der Waals surface area contributed by atoms with E-state index < -0.39 is 18.0 Å². The Bertz CT molecular complexity index is 274. The van der Waals surface area contributed by atoms with Crippen LogP contribution in [0.3, 0.4) is 0 Å². The maximum atomic E-state index is 12.4. The second-order valence-corrected chi connectivity index (χ2v) is 5.10. The molecule has 1 rings (SSSR count). The van der Waals surface area contributed by atoms with E-state index in [-0.39, 0.29) is 12.5 Å². The first-order valence-electron chi connectivity index (χ1n) is 6.70. The van der Waals surface area contributed by atoms with E-state index in [2.05, 4.69) is 0 Å². The van der Waals surface area contributed by atoms with Crippen molar-refractivity contribution >= 4 is 5.91 Å². The number of amides is 1. The van der Waals surface area contributed by atoms with Crippen LogP contribution in [-0.2, 0) is 14.3 Å². The zero-order valence-electron chi connectivity index (χ0n) is 11.8. The minimum atomic E-state index is -0.808. The van der Waals surface area contributed by atoms with Gasteiger partial charge in [-0.05, 0) is 26.7 Å². The third-order valence-corrected chi connectivity index (χ3v) is 2.91. The molecule has 0 spiro atoms. The summed E-state index contributed by atoms with van der Waals surface area (Å²) in [6.45, 7) is 8.81. The van der Waals surface area contributed by atoms with Gasteiger partial charge in [-0.15, -0.1) is 0 Å². The standard InChI is InChI=1S/C13H25NO4/c1-5-7-14(8-6-2)12(16)11-10(9-15)17-13(3,4)18-11/h10-11,15H,5-9H2,1-4H3/t10-,11-/m1/s1. The van der Waals surface area contributed by atoms with Crippen LogP contribution in [0, 0.1) is 0 Å². The van der Waals surface area contributed by atoms with E-state index in [1.165, 1.54) is 0 Å². The van der Waals surface area contributed by atoms with E-state index >= 15 is 0 Å². The Morgan fingerprint density at radius 1 is 1.22 bits per heavy atom. The minimum absolute atomic E-state index is 0.0803. The fraction of sp³-hybridized carbons (Fsp3) is 0.923. The molecule has 1 N–H and O–H groups in total. The average molecular weight is 259 g/mol. The summed E-state index contributed by atoms with van der Waals surface area (Å²) in [7, 11) is 0. The number of carbonyl (C=O) groups is 1. The maximum absolute atomic E-state index is 12.4. The lowest BCUT2D eigenvalue weighted by Crippen LogP contribution is -2.45. The van der Waals surface area contributed by atoms with E-state index in [1.54, 1.807) is 18.7 Å². The number of aliphatic hydroxyl groups excluding tert-OH is 1. The molecular formula is C13H25NO4. The Kier molecular flexibility index (Phi) is 5.56. The van der Waals surface area contributed by atoms with Gasteiger partial charge in [-0.25, -0.2) is 0 Å². The first-order valence-corrected chi connectivity index (χ1v) is 6.70. The summed E-state index contributed by atoms with van der Waals surface area (Å²) in [6, 6.07) is 0. The minimum Gasteiger partial charge on any atom is -0.394 e. The van der Waals surface area contributed by atoms with Crippen molar-refractivity contribution in [2.75, 3.05) is 19.7 Å². The molecule has 0 bridgehead atoms. The first-order chi connectivity index (χ1) is 8.45. The van der Waals surface area contributed by atoms with Gasteiger partial charge in [0.25, 0.3) is 5.91 Å². The van der Waals surface area contributed by atoms with E-state index in [1.807, 2.05) is 13.8 Å². The lowest BCUT2D eigenvalue weighted by Gasteiger charge is -2.26. The van der Waals surface area contributed by atoms with Crippen molar-refractivity contribution in [2.24, 2.45) is 0 Å². The zero-order valence-corrected chi connectivity index (χ0v) is 11.8. The average Bonchev–Trinajstić information content (AvgIpc) is 2.63. The largest absolute Gasteiger partial charge is 0.394 e. The molecule has 2 atom stereocenters. The van der Waals surface area contributed by atoms with E-state index in [0.29, 0.717) is 13.1 Å². The second-order valence-electron chi connectivity index (χ2n) is 5.10. The lowest BCUT2D eigenvalue weighted by atomic mass is 10.2. The monoisotopic (exact) mass is 259 g/mol. The van der Waals surface area contributed by atoms with Crippen molar-refractivity contribution in [1.82, 2.24) is 4.90 Å². The molecule has 5 nitrogen and oxygen atoms in total. The second kappa shape index (κ2) is 6.50. The molecule has 0 aromatic carbocycles. The van der Waals surface area contributed by atoms with Gasteiger partial charge >= 0.3 is 0 Å². The predicted molar refractivity (Wildman–Crippen MR) is 68.1 cm³/mol. The number of hydrogen-bond donors (Lipinski definition) is 1. The summed E-state index contributed by atoms with van der Waals surface area (Å²) in [4.78, 5) is 14.2. The summed E-state index contributed by atoms with van der Waals surface area (Å²) in [5.74, 6) is -0.888. The van der Waals surface area contributed by atoms with E-state index in [0.717, 1.165) is 12.8 Å². The molecule has 0 radical (unpaired) electrons. The number of rotatable bonds is 6. The summed E-state index contributed by atoms with van der Waals surface area (Å²) < 4.78 is 11.1. The fourth-order valence-corrected chi connectivity index (χ4v) is 2.23. The third-order valence-electron chi connectivity index (χ3n) is 2.91. The van der Waals surface area contributed by atoms with Gasteiger partial charge in [-0.3, -0.25) is 4.79 Å². The number of aliphatic hydroxyl groups is 1. The maximum Gasteiger partial charge on any atom is 0.254 e. The van der Waals surface area contributed by atoms with Crippen molar-refractivity contribution in [3.63, 3.8) is 0 Å². The summed E-state index contributed by atoms with van der Waals surface area (Å²) >= 11 is 0. The van der Waals surface area contributed by atoms with Crippen LogP contribution in [0.25, 0.3) is 0 Å². The number of carbonyl (C=O) groups excluding carboxylic acids is 1. The summed E-state index contributed by atoms with van der Waals surface area (Å²) in [5.41, 5.74) is 0. The zero-order chi connectivity index (χ0) is 13.8. The van der Waals surface area contributed by atoms with Gasteiger partial charge in [0.1, 0.15) is 6.10 Å². The number of ether oxygens (including phenoxy) is 2. The molecule has 0 aromatic rings. The highest BCUT2D eigenvalue weighted by Crippen LogP contribution is 2.29. The van der Waals surface area contributed by atoms with Crippen molar-refractivity contribution in [2.45, 2.75) is 58.5 Å². The Labute approximate surface area is 109 Å². The molecule has 1 amide bonds. The van der Waals surface area contributed by atoms with Crippen LogP contribution in [0.1, 0.15) is 40.5 Å². The molecule has 0 unspecified atom stereocenters. The highest BCUT2D eigenvalue weighted by molar-refractivity contribution is 5.82.